The van der Waals surface area contributed by atoms with Gasteiger partial charge in [0.25, 0.3) is 0 Å². The monoisotopic (exact) mass is 282 g/mol. The SMILES string of the molecule is O=Cc1ccc(OCCC2CCC2)c(Br)c1. The Kier molecular flexibility index (Phi) is 3.99. The van der Waals surface area contributed by atoms with E-state index in [9.17, 15) is 4.79 Å². The van der Waals surface area contributed by atoms with Crippen molar-refractivity contribution in [1.29, 1.82) is 0 Å². The Hall–Kier alpha value is -0.830. The van der Waals surface area contributed by atoms with Gasteiger partial charge in [0.2, 0.25) is 0 Å². The quantitative estimate of drug-likeness (QED) is 0.768. The van der Waals surface area contributed by atoms with Gasteiger partial charge in [-0.1, -0.05) is 19.3 Å². The van der Waals surface area contributed by atoms with Crippen LogP contribution in [0.4, 0.5) is 0 Å². The molecule has 0 aliphatic heterocycles. The van der Waals surface area contributed by atoms with Crippen LogP contribution in [-0.2, 0) is 0 Å². The van der Waals surface area contributed by atoms with Gasteiger partial charge in [0.15, 0.2) is 0 Å². The average Bonchev–Trinajstić information content (AvgIpc) is 2.23. The van der Waals surface area contributed by atoms with Gasteiger partial charge in [0, 0.05) is 5.56 Å². The molecule has 0 spiro atoms. The van der Waals surface area contributed by atoms with Crippen LogP contribution in [0.25, 0.3) is 0 Å². The van der Waals surface area contributed by atoms with Crippen molar-refractivity contribution in [3.05, 3.63) is 28.2 Å². The van der Waals surface area contributed by atoms with E-state index in [2.05, 4.69) is 15.9 Å². The summed E-state index contributed by atoms with van der Waals surface area (Å²) in [6.45, 7) is 0.768. The molecule has 0 radical (unpaired) electrons. The van der Waals surface area contributed by atoms with Crippen molar-refractivity contribution in [2.45, 2.75) is 25.7 Å². The maximum absolute atomic E-state index is 10.6. The van der Waals surface area contributed by atoms with Gasteiger partial charge in [-0.2, -0.15) is 0 Å². The molecule has 0 atom stereocenters. The summed E-state index contributed by atoms with van der Waals surface area (Å²) in [5, 5.41) is 0. The largest absolute Gasteiger partial charge is 0.492 e. The molecule has 0 unspecified atom stereocenters. The van der Waals surface area contributed by atoms with Gasteiger partial charge in [-0.25, -0.2) is 0 Å². The Morgan fingerprint density at radius 1 is 1.44 bits per heavy atom. The highest BCUT2D eigenvalue weighted by molar-refractivity contribution is 9.10. The molecule has 1 aromatic carbocycles. The first kappa shape index (κ1) is 11.6. The van der Waals surface area contributed by atoms with Gasteiger partial charge in [-0.15, -0.1) is 0 Å². The topological polar surface area (TPSA) is 26.3 Å². The van der Waals surface area contributed by atoms with Gasteiger partial charge >= 0.3 is 0 Å². The molecule has 1 saturated carbocycles. The van der Waals surface area contributed by atoms with E-state index in [1.165, 1.54) is 19.3 Å². The molecule has 0 aromatic heterocycles. The first-order valence-corrected chi connectivity index (χ1v) is 6.46. The second kappa shape index (κ2) is 5.48. The van der Waals surface area contributed by atoms with Crippen LogP contribution >= 0.6 is 15.9 Å². The van der Waals surface area contributed by atoms with E-state index in [1.54, 1.807) is 12.1 Å². The Balaban J connectivity index is 1.85. The Morgan fingerprint density at radius 3 is 2.81 bits per heavy atom. The Morgan fingerprint density at radius 2 is 2.25 bits per heavy atom. The van der Waals surface area contributed by atoms with Crippen LogP contribution in [0.3, 0.4) is 0 Å². The van der Waals surface area contributed by atoms with Crippen molar-refractivity contribution in [3.8, 4) is 5.75 Å². The lowest BCUT2D eigenvalue weighted by atomic mass is 9.83. The van der Waals surface area contributed by atoms with Gasteiger partial charge in [0.05, 0.1) is 11.1 Å². The lowest BCUT2D eigenvalue weighted by Crippen LogP contribution is -2.14. The molecule has 3 heteroatoms. The molecule has 1 aliphatic carbocycles. The minimum absolute atomic E-state index is 0.665. The summed E-state index contributed by atoms with van der Waals surface area (Å²) in [4.78, 5) is 10.6. The summed E-state index contributed by atoms with van der Waals surface area (Å²) in [5.74, 6) is 1.69. The number of benzene rings is 1. The van der Waals surface area contributed by atoms with E-state index in [4.69, 9.17) is 4.74 Å². The third-order valence-corrected chi connectivity index (χ3v) is 3.72. The summed E-state index contributed by atoms with van der Waals surface area (Å²) >= 11 is 3.40. The number of rotatable bonds is 5. The van der Waals surface area contributed by atoms with Crippen molar-refractivity contribution in [2.75, 3.05) is 6.61 Å². The number of halogens is 1. The van der Waals surface area contributed by atoms with E-state index < -0.39 is 0 Å². The van der Waals surface area contributed by atoms with Crippen molar-refractivity contribution >= 4 is 22.2 Å². The first-order valence-electron chi connectivity index (χ1n) is 5.67. The number of carbonyl (C=O) groups excluding carboxylic acids is 1. The zero-order valence-electron chi connectivity index (χ0n) is 9.12. The fourth-order valence-electron chi connectivity index (χ4n) is 1.82. The van der Waals surface area contributed by atoms with Gasteiger partial charge in [-0.05, 0) is 46.5 Å². The van der Waals surface area contributed by atoms with E-state index in [-0.39, 0.29) is 0 Å². The molecule has 0 saturated heterocycles. The van der Waals surface area contributed by atoms with E-state index in [1.807, 2.05) is 6.07 Å². The van der Waals surface area contributed by atoms with Crippen molar-refractivity contribution in [1.82, 2.24) is 0 Å². The second-order valence-corrected chi connectivity index (χ2v) is 5.10. The molecule has 0 bridgehead atoms. The highest BCUT2D eigenvalue weighted by Crippen LogP contribution is 2.30. The van der Waals surface area contributed by atoms with Gasteiger partial charge in [0.1, 0.15) is 12.0 Å². The summed E-state index contributed by atoms with van der Waals surface area (Å²) in [5.41, 5.74) is 0.665. The highest BCUT2D eigenvalue weighted by atomic mass is 79.9. The number of aldehydes is 1. The minimum Gasteiger partial charge on any atom is -0.492 e. The van der Waals surface area contributed by atoms with Crippen LogP contribution in [0.15, 0.2) is 22.7 Å². The maximum atomic E-state index is 10.6. The fourth-order valence-corrected chi connectivity index (χ4v) is 2.34. The van der Waals surface area contributed by atoms with Crippen LogP contribution in [-0.4, -0.2) is 12.9 Å². The third kappa shape index (κ3) is 2.85. The van der Waals surface area contributed by atoms with Crippen LogP contribution in [0.5, 0.6) is 5.75 Å². The molecule has 86 valence electrons. The van der Waals surface area contributed by atoms with Gasteiger partial charge < -0.3 is 4.74 Å². The summed E-state index contributed by atoms with van der Waals surface area (Å²) in [6, 6.07) is 5.40. The Bertz CT molecular complexity index is 372. The molecule has 2 nitrogen and oxygen atoms in total. The number of hydrogen-bond donors (Lipinski definition) is 0. The normalized spacial score (nSPS) is 15.6. The number of carbonyl (C=O) groups is 1. The van der Waals surface area contributed by atoms with Crippen molar-refractivity contribution in [2.24, 2.45) is 5.92 Å². The van der Waals surface area contributed by atoms with Crippen LogP contribution in [0, 0.1) is 5.92 Å². The van der Waals surface area contributed by atoms with E-state index in [0.717, 1.165) is 35.5 Å². The third-order valence-electron chi connectivity index (χ3n) is 3.10. The molecule has 1 aromatic rings. The van der Waals surface area contributed by atoms with Crippen LogP contribution in [0.1, 0.15) is 36.0 Å². The van der Waals surface area contributed by atoms with Crippen LogP contribution in [0.2, 0.25) is 0 Å². The fraction of sp³-hybridized carbons (Fsp3) is 0.462. The average molecular weight is 283 g/mol. The second-order valence-electron chi connectivity index (χ2n) is 4.24. The zero-order chi connectivity index (χ0) is 11.4. The molecule has 0 amide bonds. The minimum atomic E-state index is 0.665. The molecule has 2 rings (SSSR count). The van der Waals surface area contributed by atoms with Crippen molar-refractivity contribution < 1.29 is 9.53 Å². The molecule has 16 heavy (non-hydrogen) atoms. The molecular weight excluding hydrogens is 268 g/mol. The lowest BCUT2D eigenvalue weighted by molar-refractivity contribution is 0.112. The lowest BCUT2D eigenvalue weighted by Gasteiger charge is -2.25. The predicted molar refractivity (Wildman–Crippen MR) is 67.0 cm³/mol. The predicted octanol–water partition coefficient (Wildman–Crippen LogP) is 3.83. The Labute approximate surface area is 104 Å². The molecule has 1 fully saturated rings. The molecule has 0 N–H and O–H groups in total. The maximum Gasteiger partial charge on any atom is 0.150 e. The highest BCUT2D eigenvalue weighted by Gasteiger charge is 2.17. The molecule has 1 aliphatic rings. The first-order chi connectivity index (χ1) is 7.79. The van der Waals surface area contributed by atoms with E-state index in [0.29, 0.717) is 5.56 Å². The molecular formula is C13H15BrO2. The van der Waals surface area contributed by atoms with Crippen molar-refractivity contribution in [3.63, 3.8) is 0 Å². The summed E-state index contributed by atoms with van der Waals surface area (Å²) < 4.78 is 6.53. The molecule has 0 heterocycles. The summed E-state index contributed by atoms with van der Waals surface area (Å²) in [6.07, 6.45) is 6.07. The van der Waals surface area contributed by atoms with Crippen LogP contribution < -0.4 is 4.74 Å². The van der Waals surface area contributed by atoms with E-state index >= 15 is 0 Å². The number of hydrogen-bond acceptors (Lipinski definition) is 2. The number of ether oxygens (including phenoxy) is 1. The zero-order valence-corrected chi connectivity index (χ0v) is 10.7. The summed E-state index contributed by atoms with van der Waals surface area (Å²) in [7, 11) is 0. The van der Waals surface area contributed by atoms with Gasteiger partial charge in [-0.3, -0.25) is 4.79 Å². The standard InChI is InChI=1S/C13H15BrO2/c14-12-8-11(9-15)4-5-13(12)16-7-6-10-2-1-3-10/h4-5,8-10H,1-3,6-7H2. The smallest absolute Gasteiger partial charge is 0.150 e.